The summed E-state index contributed by atoms with van der Waals surface area (Å²) in [6, 6.07) is 12.6. The van der Waals surface area contributed by atoms with E-state index in [1.54, 1.807) is 24.3 Å². The number of benzene rings is 3. The zero-order chi connectivity index (χ0) is 20.3. The number of aryl methyl sites for hydroxylation is 2. The van der Waals surface area contributed by atoms with Crippen LogP contribution in [0.3, 0.4) is 0 Å². The van der Waals surface area contributed by atoms with Crippen LogP contribution in [-0.2, 0) is 13.0 Å². The molecule has 0 spiro atoms. The van der Waals surface area contributed by atoms with Gasteiger partial charge in [0.1, 0.15) is 6.61 Å². The Kier molecular flexibility index (Phi) is 6.02. The van der Waals surface area contributed by atoms with Gasteiger partial charge in [-0.05, 0) is 41.7 Å². The molecule has 28 heavy (non-hydrogen) atoms. The van der Waals surface area contributed by atoms with Gasteiger partial charge in [0.05, 0.1) is 0 Å². The largest absolute Gasteiger partial charge is 0.486 e. The summed E-state index contributed by atoms with van der Waals surface area (Å²) in [5.74, 6) is -3.80. The van der Waals surface area contributed by atoms with Crippen molar-refractivity contribution >= 4 is 0 Å². The highest BCUT2D eigenvalue weighted by Gasteiger charge is 2.15. The third-order valence-electron chi connectivity index (χ3n) is 4.58. The van der Waals surface area contributed by atoms with Crippen LogP contribution in [0, 0.1) is 30.2 Å². The van der Waals surface area contributed by atoms with Gasteiger partial charge in [-0.25, -0.2) is 13.2 Å². The zero-order valence-corrected chi connectivity index (χ0v) is 15.7. The highest BCUT2D eigenvalue weighted by molar-refractivity contribution is 5.65. The number of hydrogen-bond acceptors (Lipinski definition) is 1. The number of halogens is 4. The van der Waals surface area contributed by atoms with Crippen LogP contribution in [0.2, 0.25) is 0 Å². The third-order valence-corrected chi connectivity index (χ3v) is 4.58. The van der Waals surface area contributed by atoms with Crippen LogP contribution in [0.5, 0.6) is 5.75 Å². The Balaban J connectivity index is 1.74. The topological polar surface area (TPSA) is 9.23 Å². The van der Waals surface area contributed by atoms with Crippen molar-refractivity contribution < 1.29 is 22.3 Å². The first-order chi connectivity index (χ1) is 13.4. The minimum Gasteiger partial charge on any atom is -0.486 e. The highest BCUT2D eigenvalue weighted by Crippen LogP contribution is 2.27. The number of hydrogen-bond donors (Lipinski definition) is 0. The quantitative estimate of drug-likeness (QED) is 0.425. The molecule has 0 aliphatic carbocycles. The van der Waals surface area contributed by atoms with E-state index in [0.717, 1.165) is 0 Å². The first kappa shape index (κ1) is 19.9. The average Bonchev–Trinajstić information content (AvgIpc) is 2.70. The summed E-state index contributed by atoms with van der Waals surface area (Å²) in [5.41, 5.74) is 1.93. The molecule has 3 aromatic carbocycles. The second-order valence-corrected chi connectivity index (χ2v) is 6.64. The predicted octanol–water partition coefficient (Wildman–Crippen LogP) is 6.75. The fourth-order valence-corrected chi connectivity index (χ4v) is 2.96. The standard InChI is InChI=1S/C23H20F4O/c1-3-4-17-10-12-19(23(27)21(17)25)28-13-15-6-8-16(9-7-15)18-11-5-14(2)20(24)22(18)26/h5-12H,3-4,13H2,1-2H3. The molecule has 0 aliphatic rings. The Morgan fingerprint density at radius 2 is 1.46 bits per heavy atom. The van der Waals surface area contributed by atoms with Crippen LogP contribution < -0.4 is 4.74 Å². The average molecular weight is 388 g/mol. The van der Waals surface area contributed by atoms with Gasteiger partial charge in [0.15, 0.2) is 23.2 Å². The Morgan fingerprint density at radius 1 is 0.750 bits per heavy atom. The van der Waals surface area contributed by atoms with Gasteiger partial charge < -0.3 is 4.74 Å². The summed E-state index contributed by atoms with van der Waals surface area (Å²) in [6.07, 6.45) is 1.18. The van der Waals surface area contributed by atoms with Gasteiger partial charge in [-0.15, -0.1) is 0 Å². The van der Waals surface area contributed by atoms with Crippen molar-refractivity contribution in [2.75, 3.05) is 0 Å². The first-order valence-corrected chi connectivity index (χ1v) is 9.06. The van der Waals surface area contributed by atoms with Crippen LogP contribution in [0.25, 0.3) is 11.1 Å². The van der Waals surface area contributed by atoms with Crippen molar-refractivity contribution in [3.63, 3.8) is 0 Å². The van der Waals surface area contributed by atoms with Crippen LogP contribution in [0.1, 0.15) is 30.0 Å². The summed E-state index contributed by atoms with van der Waals surface area (Å²) in [7, 11) is 0. The lowest BCUT2D eigenvalue weighted by Crippen LogP contribution is -2.01. The predicted molar refractivity (Wildman–Crippen MR) is 101 cm³/mol. The number of ether oxygens (including phenoxy) is 1. The smallest absolute Gasteiger partial charge is 0.200 e. The van der Waals surface area contributed by atoms with E-state index in [9.17, 15) is 17.6 Å². The maximum absolute atomic E-state index is 14.1. The Bertz CT molecular complexity index is 981. The Labute approximate surface area is 161 Å². The Hall–Kier alpha value is -2.82. The highest BCUT2D eigenvalue weighted by atomic mass is 19.2. The molecule has 0 N–H and O–H groups in total. The van der Waals surface area contributed by atoms with Gasteiger partial charge in [0.25, 0.3) is 0 Å². The van der Waals surface area contributed by atoms with Crippen molar-refractivity contribution in [1.29, 1.82) is 0 Å². The van der Waals surface area contributed by atoms with E-state index in [1.165, 1.54) is 31.2 Å². The summed E-state index contributed by atoms with van der Waals surface area (Å²) < 4.78 is 61.4. The van der Waals surface area contributed by atoms with E-state index < -0.39 is 23.3 Å². The van der Waals surface area contributed by atoms with Gasteiger partial charge >= 0.3 is 0 Å². The van der Waals surface area contributed by atoms with Gasteiger partial charge in [-0.3, -0.25) is 0 Å². The van der Waals surface area contributed by atoms with E-state index >= 15 is 0 Å². The van der Waals surface area contributed by atoms with Crippen molar-refractivity contribution in [3.05, 3.63) is 88.5 Å². The molecule has 0 fully saturated rings. The molecule has 0 bridgehead atoms. The molecule has 3 rings (SSSR count). The molecule has 0 amide bonds. The van der Waals surface area contributed by atoms with E-state index in [-0.39, 0.29) is 23.5 Å². The second-order valence-electron chi connectivity index (χ2n) is 6.64. The van der Waals surface area contributed by atoms with Crippen molar-refractivity contribution in [2.24, 2.45) is 0 Å². The molecular formula is C23H20F4O. The lowest BCUT2D eigenvalue weighted by Gasteiger charge is -2.11. The summed E-state index contributed by atoms with van der Waals surface area (Å²) in [4.78, 5) is 0. The van der Waals surface area contributed by atoms with Crippen LogP contribution in [-0.4, -0.2) is 0 Å². The van der Waals surface area contributed by atoms with E-state index in [1.807, 2.05) is 6.92 Å². The molecule has 146 valence electrons. The molecule has 3 aromatic rings. The molecule has 0 saturated heterocycles. The molecule has 0 radical (unpaired) electrons. The molecule has 0 aromatic heterocycles. The van der Waals surface area contributed by atoms with Crippen LogP contribution >= 0.6 is 0 Å². The first-order valence-electron chi connectivity index (χ1n) is 9.06. The molecule has 0 aliphatic heterocycles. The van der Waals surface area contributed by atoms with Crippen molar-refractivity contribution in [2.45, 2.75) is 33.3 Å². The van der Waals surface area contributed by atoms with Crippen LogP contribution in [0.15, 0.2) is 48.5 Å². The van der Waals surface area contributed by atoms with Gasteiger partial charge in [-0.2, -0.15) is 4.39 Å². The van der Waals surface area contributed by atoms with E-state index in [4.69, 9.17) is 4.74 Å². The molecular weight excluding hydrogens is 368 g/mol. The fraction of sp³-hybridized carbons (Fsp3) is 0.217. The fourth-order valence-electron chi connectivity index (χ4n) is 2.96. The maximum atomic E-state index is 14.1. The minimum atomic E-state index is -1.00. The van der Waals surface area contributed by atoms with E-state index in [2.05, 4.69) is 0 Å². The van der Waals surface area contributed by atoms with E-state index in [0.29, 0.717) is 29.5 Å². The lowest BCUT2D eigenvalue weighted by molar-refractivity contribution is 0.284. The number of rotatable bonds is 6. The van der Waals surface area contributed by atoms with Crippen molar-refractivity contribution in [3.8, 4) is 16.9 Å². The molecule has 0 unspecified atom stereocenters. The second kappa shape index (κ2) is 8.46. The zero-order valence-electron chi connectivity index (χ0n) is 15.7. The Morgan fingerprint density at radius 3 is 2.14 bits per heavy atom. The SMILES string of the molecule is CCCc1ccc(OCc2ccc(-c3ccc(C)c(F)c3F)cc2)c(F)c1F. The summed E-state index contributed by atoms with van der Waals surface area (Å²) in [6.45, 7) is 3.41. The van der Waals surface area contributed by atoms with Gasteiger partial charge in [0, 0.05) is 5.56 Å². The lowest BCUT2D eigenvalue weighted by atomic mass is 10.0. The molecule has 0 atom stereocenters. The normalized spacial score (nSPS) is 10.9. The van der Waals surface area contributed by atoms with Crippen LogP contribution in [0.4, 0.5) is 17.6 Å². The minimum absolute atomic E-state index is 0.0223. The third kappa shape index (κ3) is 4.03. The summed E-state index contributed by atoms with van der Waals surface area (Å²) >= 11 is 0. The molecule has 0 heterocycles. The molecule has 1 nitrogen and oxygen atoms in total. The van der Waals surface area contributed by atoms with Gasteiger partial charge in [0.2, 0.25) is 5.82 Å². The maximum Gasteiger partial charge on any atom is 0.200 e. The monoisotopic (exact) mass is 388 g/mol. The van der Waals surface area contributed by atoms with Crippen molar-refractivity contribution in [1.82, 2.24) is 0 Å². The van der Waals surface area contributed by atoms with Gasteiger partial charge in [-0.1, -0.05) is 55.8 Å². The molecule has 0 saturated carbocycles. The molecule has 5 heteroatoms. The summed E-state index contributed by atoms with van der Waals surface area (Å²) in [5, 5.41) is 0.